The number of hydrogen-bond acceptors (Lipinski definition) is 6. The second-order valence-electron chi connectivity index (χ2n) is 7.14. The molecular weight excluding hydrogens is 406 g/mol. The van der Waals surface area contributed by atoms with Crippen LogP contribution in [0.4, 0.5) is 0 Å². The van der Waals surface area contributed by atoms with Gasteiger partial charge in [-0.05, 0) is 61.0 Å². The van der Waals surface area contributed by atoms with Gasteiger partial charge in [0.05, 0.1) is 31.0 Å². The van der Waals surface area contributed by atoms with E-state index in [1.165, 1.54) is 0 Å². The zero-order valence-electron chi connectivity index (χ0n) is 18.1. The summed E-state index contributed by atoms with van der Waals surface area (Å²) in [7, 11) is 3.22. The monoisotopic (exact) mass is 429 g/mol. The highest BCUT2D eigenvalue weighted by molar-refractivity contribution is 5.98. The maximum atomic E-state index is 12.8. The van der Waals surface area contributed by atoms with E-state index in [9.17, 15) is 4.79 Å². The second kappa shape index (κ2) is 9.34. The Morgan fingerprint density at radius 2 is 1.62 bits per heavy atom. The van der Waals surface area contributed by atoms with Crippen LogP contribution in [0.3, 0.4) is 0 Å². The van der Waals surface area contributed by atoms with Gasteiger partial charge < -0.3 is 19.5 Å². The highest BCUT2D eigenvalue weighted by Gasteiger charge is 2.12. The van der Waals surface area contributed by atoms with Crippen LogP contribution in [0.2, 0.25) is 0 Å². The maximum Gasteiger partial charge on any atom is 0.253 e. The number of aryl methyl sites for hydroxylation is 1. The number of methoxy groups -OCH3 is 2. The minimum Gasteiger partial charge on any atom is -0.497 e. The summed E-state index contributed by atoms with van der Waals surface area (Å²) in [6.07, 6.45) is 1.68. The summed E-state index contributed by atoms with van der Waals surface area (Å²) in [5.74, 6) is 2.41. The van der Waals surface area contributed by atoms with Crippen LogP contribution in [0.25, 0.3) is 10.9 Å². The van der Waals surface area contributed by atoms with Gasteiger partial charge in [-0.3, -0.25) is 9.78 Å². The Morgan fingerprint density at radius 1 is 0.906 bits per heavy atom. The highest BCUT2D eigenvalue weighted by atomic mass is 16.5. The molecule has 32 heavy (non-hydrogen) atoms. The van der Waals surface area contributed by atoms with Gasteiger partial charge in [-0.15, -0.1) is 0 Å². The number of fused-ring (bicyclic) bond motifs is 1. The molecule has 1 N–H and O–H groups in total. The molecule has 0 saturated carbocycles. The van der Waals surface area contributed by atoms with Crippen LogP contribution in [0.5, 0.6) is 23.1 Å². The summed E-state index contributed by atoms with van der Waals surface area (Å²) in [5, 5.41) is 3.78. The first-order valence-electron chi connectivity index (χ1n) is 10.1. The molecule has 7 nitrogen and oxygen atoms in total. The van der Waals surface area contributed by atoms with Gasteiger partial charge in [0.15, 0.2) is 0 Å². The molecule has 0 atom stereocenters. The van der Waals surface area contributed by atoms with Crippen molar-refractivity contribution in [1.29, 1.82) is 0 Å². The summed E-state index contributed by atoms with van der Waals surface area (Å²) >= 11 is 0. The van der Waals surface area contributed by atoms with Gasteiger partial charge in [0.25, 0.3) is 5.91 Å². The van der Waals surface area contributed by atoms with Crippen LogP contribution in [0, 0.1) is 6.92 Å². The Kier molecular flexibility index (Phi) is 6.17. The topological polar surface area (TPSA) is 82.6 Å². The molecular formula is C25H23N3O4. The third kappa shape index (κ3) is 4.78. The summed E-state index contributed by atoms with van der Waals surface area (Å²) in [5.41, 5.74) is 2.87. The molecule has 0 unspecified atom stereocenters. The Labute approximate surface area is 186 Å². The van der Waals surface area contributed by atoms with Crippen molar-refractivity contribution in [1.82, 2.24) is 15.3 Å². The number of carbonyl (C=O) groups is 1. The second-order valence-corrected chi connectivity index (χ2v) is 7.14. The maximum absolute atomic E-state index is 12.8. The van der Waals surface area contributed by atoms with E-state index in [1.807, 2.05) is 61.5 Å². The predicted octanol–water partition coefficient (Wildman–Crippen LogP) is 4.68. The van der Waals surface area contributed by atoms with Crippen molar-refractivity contribution in [3.05, 3.63) is 83.7 Å². The van der Waals surface area contributed by atoms with Gasteiger partial charge in [0, 0.05) is 24.2 Å². The van der Waals surface area contributed by atoms with Crippen molar-refractivity contribution in [3.8, 4) is 23.1 Å². The summed E-state index contributed by atoms with van der Waals surface area (Å²) in [6.45, 7) is 2.16. The molecule has 0 aliphatic rings. The zero-order chi connectivity index (χ0) is 22.5. The van der Waals surface area contributed by atoms with Gasteiger partial charge in [0.1, 0.15) is 17.2 Å². The normalized spacial score (nSPS) is 10.6. The van der Waals surface area contributed by atoms with Crippen molar-refractivity contribution in [2.45, 2.75) is 13.5 Å². The minimum absolute atomic E-state index is 0.196. The van der Waals surface area contributed by atoms with Crippen LogP contribution in [-0.4, -0.2) is 30.1 Å². The molecule has 4 rings (SSSR count). The molecule has 1 amide bonds. The Bertz CT molecular complexity index is 1240. The zero-order valence-corrected chi connectivity index (χ0v) is 18.1. The molecule has 2 heterocycles. The predicted molar refractivity (Wildman–Crippen MR) is 122 cm³/mol. The van der Waals surface area contributed by atoms with Crippen molar-refractivity contribution in [2.75, 3.05) is 14.2 Å². The molecule has 0 spiro atoms. The summed E-state index contributed by atoms with van der Waals surface area (Å²) in [4.78, 5) is 21.6. The number of ether oxygens (including phenoxy) is 3. The number of pyridine rings is 2. The molecule has 0 bridgehead atoms. The SMILES string of the molecule is COc1ccc(Oc2ccc(CNC(=O)c3cc4cc(OC)ccc4nc3C)cn2)cc1. The highest BCUT2D eigenvalue weighted by Crippen LogP contribution is 2.23. The van der Waals surface area contributed by atoms with E-state index in [4.69, 9.17) is 14.2 Å². The fraction of sp³-hybridized carbons (Fsp3) is 0.160. The van der Waals surface area contributed by atoms with Gasteiger partial charge in [-0.2, -0.15) is 0 Å². The molecule has 0 fully saturated rings. The quantitative estimate of drug-likeness (QED) is 0.459. The Hall–Kier alpha value is -4.13. The van der Waals surface area contributed by atoms with Gasteiger partial charge >= 0.3 is 0 Å². The Balaban J connectivity index is 1.40. The fourth-order valence-electron chi connectivity index (χ4n) is 3.23. The number of nitrogens with zero attached hydrogens (tertiary/aromatic N) is 2. The molecule has 4 aromatic rings. The number of rotatable bonds is 7. The molecule has 2 aromatic heterocycles. The lowest BCUT2D eigenvalue weighted by Gasteiger charge is -2.10. The van der Waals surface area contributed by atoms with E-state index in [1.54, 1.807) is 26.5 Å². The number of carbonyl (C=O) groups excluding carboxylic acids is 1. The lowest BCUT2D eigenvalue weighted by molar-refractivity contribution is 0.0950. The van der Waals surface area contributed by atoms with E-state index in [-0.39, 0.29) is 5.91 Å². The molecule has 2 aromatic carbocycles. The lowest BCUT2D eigenvalue weighted by Crippen LogP contribution is -2.24. The van der Waals surface area contributed by atoms with Crippen LogP contribution >= 0.6 is 0 Å². The molecule has 0 radical (unpaired) electrons. The van der Waals surface area contributed by atoms with Crippen LogP contribution in [-0.2, 0) is 6.54 Å². The fourth-order valence-corrected chi connectivity index (χ4v) is 3.23. The largest absolute Gasteiger partial charge is 0.497 e. The molecule has 0 aliphatic heterocycles. The molecule has 162 valence electrons. The summed E-state index contributed by atoms with van der Waals surface area (Å²) in [6, 6.07) is 18.3. The van der Waals surface area contributed by atoms with E-state index in [0.717, 1.165) is 28.0 Å². The van der Waals surface area contributed by atoms with E-state index < -0.39 is 0 Å². The number of aromatic nitrogens is 2. The average molecular weight is 429 g/mol. The molecule has 0 saturated heterocycles. The van der Waals surface area contributed by atoms with Gasteiger partial charge in [-0.25, -0.2) is 4.98 Å². The number of nitrogens with one attached hydrogen (secondary N) is 1. The average Bonchev–Trinajstić information content (AvgIpc) is 2.83. The first-order valence-corrected chi connectivity index (χ1v) is 10.1. The third-order valence-corrected chi connectivity index (χ3v) is 4.99. The Morgan fingerprint density at radius 3 is 2.31 bits per heavy atom. The summed E-state index contributed by atoms with van der Waals surface area (Å²) < 4.78 is 16.1. The van der Waals surface area contributed by atoms with Gasteiger partial charge in [0.2, 0.25) is 5.88 Å². The minimum atomic E-state index is -0.196. The standard InChI is InChI=1S/C25H23N3O4/c1-16-22(13-18-12-21(31-3)9-10-23(18)28-16)25(29)27-15-17-4-11-24(26-14-17)32-20-7-5-19(30-2)6-8-20/h4-14H,15H2,1-3H3,(H,27,29). The van der Waals surface area contributed by atoms with Gasteiger partial charge in [-0.1, -0.05) is 6.07 Å². The third-order valence-electron chi connectivity index (χ3n) is 4.99. The van der Waals surface area contributed by atoms with E-state index in [2.05, 4.69) is 15.3 Å². The van der Waals surface area contributed by atoms with Crippen molar-refractivity contribution < 1.29 is 19.0 Å². The lowest BCUT2D eigenvalue weighted by atomic mass is 10.1. The van der Waals surface area contributed by atoms with Crippen LogP contribution in [0.1, 0.15) is 21.6 Å². The van der Waals surface area contributed by atoms with E-state index >= 15 is 0 Å². The molecule has 0 aliphatic carbocycles. The van der Waals surface area contributed by atoms with E-state index in [0.29, 0.717) is 29.4 Å². The van der Waals surface area contributed by atoms with Crippen LogP contribution in [0.15, 0.2) is 66.9 Å². The first-order chi connectivity index (χ1) is 15.6. The number of hydrogen-bond donors (Lipinski definition) is 1. The smallest absolute Gasteiger partial charge is 0.253 e. The van der Waals surface area contributed by atoms with Crippen molar-refractivity contribution in [3.63, 3.8) is 0 Å². The number of benzene rings is 2. The van der Waals surface area contributed by atoms with Crippen molar-refractivity contribution >= 4 is 16.8 Å². The van der Waals surface area contributed by atoms with Crippen molar-refractivity contribution in [2.24, 2.45) is 0 Å². The number of amides is 1. The first kappa shape index (κ1) is 21.1. The van der Waals surface area contributed by atoms with Crippen LogP contribution < -0.4 is 19.5 Å². The molecule has 7 heteroatoms.